The molecule has 0 atom stereocenters. The van der Waals surface area contributed by atoms with Gasteiger partial charge in [-0.1, -0.05) is 36.4 Å². The van der Waals surface area contributed by atoms with Crippen molar-refractivity contribution in [1.82, 2.24) is 0 Å². The Morgan fingerprint density at radius 3 is 1.58 bits per heavy atom. The zero-order valence-electron chi connectivity index (χ0n) is 10.7. The molecule has 0 aliphatic rings. The van der Waals surface area contributed by atoms with Crippen molar-refractivity contribution >= 4 is 0 Å². The summed E-state index contributed by atoms with van der Waals surface area (Å²) >= 11 is 0. The lowest BCUT2D eigenvalue weighted by Crippen LogP contribution is -2.31. The molecule has 0 saturated heterocycles. The van der Waals surface area contributed by atoms with Crippen molar-refractivity contribution in [2.24, 2.45) is 0 Å². The van der Waals surface area contributed by atoms with E-state index in [4.69, 9.17) is 0 Å². The highest BCUT2D eigenvalue weighted by Gasteiger charge is 2.24. The van der Waals surface area contributed by atoms with Crippen LogP contribution in [0.2, 0.25) is 0 Å². The van der Waals surface area contributed by atoms with E-state index in [1.54, 1.807) is 43.3 Å². The summed E-state index contributed by atoms with van der Waals surface area (Å²) in [5, 5.41) is 10.3. The number of rotatable bonds is 4. The molecule has 1 N–H and O–H groups in total. The van der Waals surface area contributed by atoms with Crippen LogP contribution >= 0.6 is 0 Å². The van der Waals surface area contributed by atoms with Gasteiger partial charge in [0.2, 0.25) is 0 Å². The van der Waals surface area contributed by atoms with Crippen molar-refractivity contribution in [1.29, 1.82) is 0 Å². The number of benzene rings is 2. The Bertz CT molecular complexity index is 515. The van der Waals surface area contributed by atoms with Gasteiger partial charge in [-0.15, -0.1) is 0 Å². The number of aliphatic hydroxyl groups is 1. The SMILES string of the molecule is CC(O)(Cc1ccccc1F)Cc1ccccc1F. The highest BCUT2D eigenvalue weighted by atomic mass is 19.1. The van der Waals surface area contributed by atoms with Crippen LogP contribution in [0.15, 0.2) is 48.5 Å². The summed E-state index contributed by atoms with van der Waals surface area (Å²) in [4.78, 5) is 0. The normalized spacial score (nSPS) is 11.6. The van der Waals surface area contributed by atoms with Crippen molar-refractivity contribution < 1.29 is 13.9 Å². The minimum atomic E-state index is -1.19. The van der Waals surface area contributed by atoms with Crippen LogP contribution in [0.4, 0.5) is 8.78 Å². The summed E-state index contributed by atoms with van der Waals surface area (Å²) in [5.41, 5.74) is -0.322. The van der Waals surface area contributed by atoms with Gasteiger partial charge in [-0.2, -0.15) is 0 Å². The molecule has 0 amide bonds. The molecular formula is C16H16F2O. The average molecular weight is 262 g/mol. The van der Waals surface area contributed by atoms with Crippen molar-refractivity contribution in [3.63, 3.8) is 0 Å². The van der Waals surface area contributed by atoms with Gasteiger partial charge in [0.15, 0.2) is 0 Å². The second-order valence-corrected chi connectivity index (χ2v) is 5.03. The minimum absolute atomic E-state index is 0.147. The molecule has 0 heterocycles. The molecule has 0 spiro atoms. The minimum Gasteiger partial charge on any atom is -0.389 e. The van der Waals surface area contributed by atoms with E-state index in [2.05, 4.69) is 0 Å². The first-order valence-corrected chi connectivity index (χ1v) is 6.17. The Morgan fingerprint density at radius 2 is 1.21 bits per heavy atom. The third kappa shape index (κ3) is 3.61. The number of hydrogen-bond donors (Lipinski definition) is 1. The molecule has 0 radical (unpaired) electrons. The van der Waals surface area contributed by atoms with E-state index in [1.807, 2.05) is 0 Å². The Hall–Kier alpha value is -1.74. The summed E-state index contributed by atoms with van der Waals surface area (Å²) < 4.78 is 27.1. The quantitative estimate of drug-likeness (QED) is 0.894. The first-order valence-electron chi connectivity index (χ1n) is 6.17. The van der Waals surface area contributed by atoms with Crippen LogP contribution < -0.4 is 0 Å². The van der Waals surface area contributed by atoms with Gasteiger partial charge >= 0.3 is 0 Å². The summed E-state index contributed by atoms with van der Waals surface area (Å²) in [7, 11) is 0. The van der Waals surface area contributed by atoms with E-state index in [0.717, 1.165) is 0 Å². The van der Waals surface area contributed by atoms with E-state index in [9.17, 15) is 13.9 Å². The molecule has 2 rings (SSSR count). The van der Waals surface area contributed by atoms with Crippen LogP contribution in [0, 0.1) is 11.6 Å². The fraction of sp³-hybridized carbons (Fsp3) is 0.250. The van der Waals surface area contributed by atoms with Crippen molar-refractivity contribution in [3.8, 4) is 0 Å². The lowest BCUT2D eigenvalue weighted by atomic mass is 9.89. The molecule has 3 heteroatoms. The molecule has 19 heavy (non-hydrogen) atoms. The summed E-state index contributed by atoms with van der Waals surface area (Å²) in [6, 6.07) is 12.6. The second kappa shape index (κ2) is 5.49. The van der Waals surface area contributed by atoms with Crippen LogP contribution in [0.1, 0.15) is 18.1 Å². The van der Waals surface area contributed by atoms with Crippen LogP contribution in [0.5, 0.6) is 0 Å². The summed E-state index contributed by atoms with van der Waals surface area (Å²) in [6.07, 6.45) is 0.294. The maximum absolute atomic E-state index is 13.6. The van der Waals surface area contributed by atoms with Crippen LogP contribution in [0.3, 0.4) is 0 Å². The van der Waals surface area contributed by atoms with Gasteiger partial charge in [0.05, 0.1) is 5.60 Å². The van der Waals surface area contributed by atoms with Crippen LogP contribution in [0.25, 0.3) is 0 Å². The van der Waals surface area contributed by atoms with E-state index >= 15 is 0 Å². The highest BCUT2D eigenvalue weighted by molar-refractivity contribution is 5.23. The third-order valence-corrected chi connectivity index (χ3v) is 3.06. The van der Waals surface area contributed by atoms with Gasteiger partial charge in [-0.05, 0) is 30.2 Å². The molecule has 0 aliphatic carbocycles. The van der Waals surface area contributed by atoms with Crippen LogP contribution in [-0.2, 0) is 12.8 Å². The smallest absolute Gasteiger partial charge is 0.126 e. The van der Waals surface area contributed by atoms with E-state index < -0.39 is 5.60 Å². The highest BCUT2D eigenvalue weighted by Crippen LogP contribution is 2.21. The molecule has 2 aromatic carbocycles. The van der Waals surface area contributed by atoms with Crippen molar-refractivity contribution in [2.75, 3.05) is 0 Å². The number of halogens is 2. The van der Waals surface area contributed by atoms with Crippen molar-refractivity contribution in [2.45, 2.75) is 25.4 Å². The Labute approximate surface area is 111 Å². The molecule has 0 bridgehead atoms. The zero-order valence-corrected chi connectivity index (χ0v) is 10.7. The van der Waals surface area contributed by atoms with E-state index in [0.29, 0.717) is 11.1 Å². The largest absolute Gasteiger partial charge is 0.389 e. The van der Waals surface area contributed by atoms with Gasteiger partial charge in [0, 0.05) is 12.8 Å². The Balaban J connectivity index is 2.15. The second-order valence-electron chi connectivity index (χ2n) is 5.03. The Kier molecular flexibility index (Phi) is 3.96. The first kappa shape index (κ1) is 13.7. The fourth-order valence-corrected chi connectivity index (χ4v) is 2.17. The molecule has 0 aliphatic heterocycles. The lowest BCUT2D eigenvalue weighted by molar-refractivity contribution is 0.0590. The van der Waals surface area contributed by atoms with Gasteiger partial charge < -0.3 is 5.11 Å². The average Bonchev–Trinajstić information content (AvgIpc) is 2.35. The Morgan fingerprint density at radius 1 is 0.842 bits per heavy atom. The lowest BCUT2D eigenvalue weighted by Gasteiger charge is -2.24. The zero-order chi connectivity index (χ0) is 13.9. The van der Waals surface area contributed by atoms with Crippen LogP contribution in [-0.4, -0.2) is 10.7 Å². The van der Waals surface area contributed by atoms with Gasteiger partial charge in [-0.25, -0.2) is 8.78 Å². The summed E-state index contributed by atoms with van der Waals surface area (Å²) in [6.45, 7) is 1.59. The number of hydrogen-bond acceptors (Lipinski definition) is 1. The van der Waals surface area contributed by atoms with E-state index in [1.165, 1.54) is 12.1 Å². The molecule has 0 unspecified atom stereocenters. The maximum Gasteiger partial charge on any atom is 0.126 e. The van der Waals surface area contributed by atoms with Crippen molar-refractivity contribution in [3.05, 3.63) is 71.3 Å². The summed E-state index contributed by atoms with van der Waals surface area (Å²) in [5.74, 6) is -0.701. The molecule has 100 valence electrons. The van der Waals surface area contributed by atoms with E-state index in [-0.39, 0.29) is 24.5 Å². The first-order chi connectivity index (χ1) is 8.98. The van der Waals surface area contributed by atoms with Gasteiger partial charge in [-0.3, -0.25) is 0 Å². The topological polar surface area (TPSA) is 20.2 Å². The maximum atomic E-state index is 13.6. The molecular weight excluding hydrogens is 246 g/mol. The third-order valence-electron chi connectivity index (χ3n) is 3.06. The van der Waals surface area contributed by atoms with Gasteiger partial charge in [0.1, 0.15) is 11.6 Å². The fourth-order valence-electron chi connectivity index (χ4n) is 2.17. The predicted molar refractivity (Wildman–Crippen MR) is 70.8 cm³/mol. The standard InChI is InChI=1S/C16H16F2O/c1-16(19,10-12-6-2-4-8-14(12)17)11-13-7-3-5-9-15(13)18/h2-9,19H,10-11H2,1H3. The molecule has 1 nitrogen and oxygen atoms in total. The molecule has 0 aromatic heterocycles. The molecule has 0 fully saturated rings. The molecule has 0 saturated carbocycles. The predicted octanol–water partition coefficient (Wildman–Crippen LogP) is 3.50. The monoisotopic (exact) mass is 262 g/mol. The molecule has 2 aromatic rings. The van der Waals surface area contributed by atoms with Gasteiger partial charge in [0.25, 0.3) is 0 Å².